The number of nitrogens with one attached hydrogen (secondary N) is 1. The van der Waals surface area contributed by atoms with Crippen molar-refractivity contribution in [3.63, 3.8) is 0 Å². The van der Waals surface area contributed by atoms with Gasteiger partial charge in [0.15, 0.2) is 13.2 Å². The minimum Gasteiger partial charge on any atom is -0.482 e. The van der Waals surface area contributed by atoms with Crippen molar-refractivity contribution in [3.8, 4) is 11.5 Å². The minimum absolute atomic E-state index is 0.00629. The van der Waals surface area contributed by atoms with Crippen molar-refractivity contribution in [2.75, 3.05) is 13.2 Å². The quantitative estimate of drug-likeness (QED) is 0.159. The summed E-state index contributed by atoms with van der Waals surface area (Å²) in [6.45, 7) is 10.4. The highest BCUT2D eigenvalue weighted by Crippen LogP contribution is 2.37. The average molecular weight is 870 g/mol. The molecule has 0 spiro atoms. The molecule has 3 N–H and O–H groups in total. The SMILES string of the molecule is CC(C)(C)OC(=O)COc1cccc2c1CCCCC2N.CC(C)(C)OC(=O)COc1cccc2c1CCCCC2NS(=O)(=O)c1cc(Br)cc(C(F)(F)F)c1. The zero-order valence-electron chi connectivity index (χ0n) is 32.7. The van der Waals surface area contributed by atoms with Crippen LogP contribution in [0.5, 0.6) is 11.5 Å². The van der Waals surface area contributed by atoms with Gasteiger partial charge in [0.1, 0.15) is 22.7 Å². The summed E-state index contributed by atoms with van der Waals surface area (Å²) >= 11 is 2.97. The number of sulfonamides is 1. The summed E-state index contributed by atoms with van der Waals surface area (Å²) in [6.07, 6.45) is 2.01. The summed E-state index contributed by atoms with van der Waals surface area (Å²) in [7, 11) is -4.28. The number of halogens is 4. The van der Waals surface area contributed by atoms with Crippen LogP contribution in [0.4, 0.5) is 13.2 Å². The van der Waals surface area contributed by atoms with Gasteiger partial charge < -0.3 is 24.7 Å². The highest BCUT2D eigenvalue weighted by molar-refractivity contribution is 9.10. The Hall–Kier alpha value is -3.66. The van der Waals surface area contributed by atoms with Crippen LogP contribution >= 0.6 is 15.9 Å². The van der Waals surface area contributed by atoms with Crippen LogP contribution in [-0.2, 0) is 48.1 Å². The molecule has 2 aliphatic rings. The smallest absolute Gasteiger partial charge is 0.416 e. The molecule has 10 nitrogen and oxygen atoms in total. The van der Waals surface area contributed by atoms with E-state index in [9.17, 15) is 31.2 Å². The average Bonchev–Trinajstić information content (AvgIpc) is 3.40. The molecule has 0 saturated heterocycles. The van der Waals surface area contributed by atoms with Crippen LogP contribution in [0.3, 0.4) is 0 Å². The molecule has 2 atom stereocenters. The maximum atomic E-state index is 13.2. The fourth-order valence-electron chi connectivity index (χ4n) is 6.55. The molecular formula is C41H52BrF3N2O8S. The van der Waals surface area contributed by atoms with E-state index in [0.717, 1.165) is 66.7 Å². The van der Waals surface area contributed by atoms with E-state index in [-0.39, 0.29) is 29.7 Å². The molecule has 0 saturated carbocycles. The Morgan fingerprint density at radius 2 is 1.27 bits per heavy atom. The van der Waals surface area contributed by atoms with Crippen LogP contribution in [-0.4, -0.2) is 44.8 Å². The first-order chi connectivity index (χ1) is 26.0. The zero-order chi connectivity index (χ0) is 41.5. The largest absolute Gasteiger partial charge is 0.482 e. The maximum absolute atomic E-state index is 13.2. The van der Waals surface area contributed by atoms with Gasteiger partial charge in [0.25, 0.3) is 0 Å². The molecule has 3 aromatic carbocycles. The van der Waals surface area contributed by atoms with Crippen molar-refractivity contribution < 1.29 is 50.1 Å². The molecule has 0 radical (unpaired) electrons. The first-order valence-corrected chi connectivity index (χ1v) is 20.9. The first-order valence-electron chi connectivity index (χ1n) is 18.6. The Kier molecular flexibility index (Phi) is 15.1. The van der Waals surface area contributed by atoms with Gasteiger partial charge in [0, 0.05) is 16.6 Å². The Morgan fingerprint density at radius 1 is 0.768 bits per heavy atom. The zero-order valence-corrected chi connectivity index (χ0v) is 35.1. The number of alkyl halides is 3. The van der Waals surface area contributed by atoms with Crippen molar-refractivity contribution in [3.05, 3.63) is 86.9 Å². The Morgan fingerprint density at radius 3 is 1.79 bits per heavy atom. The van der Waals surface area contributed by atoms with E-state index in [0.29, 0.717) is 36.6 Å². The van der Waals surface area contributed by atoms with Crippen LogP contribution in [0.1, 0.15) is 120 Å². The Balaban J connectivity index is 0.000000282. The molecule has 0 fully saturated rings. The molecule has 56 heavy (non-hydrogen) atoms. The molecule has 0 bridgehead atoms. The van der Waals surface area contributed by atoms with E-state index in [1.807, 2.05) is 32.9 Å². The van der Waals surface area contributed by atoms with Gasteiger partial charge >= 0.3 is 18.1 Å². The maximum Gasteiger partial charge on any atom is 0.416 e. The number of benzene rings is 3. The number of fused-ring (bicyclic) bond motifs is 2. The highest BCUT2D eigenvalue weighted by atomic mass is 79.9. The monoisotopic (exact) mass is 868 g/mol. The van der Waals surface area contributed by atoms with E-state index >= 15 is 0 Å². The third kappa shape index (κ3) is 13.5. The molecule has 15 heteroatoms. The lowest BCUT2D eigenvalue weighted by Crippen LogP contribution is -2.29. The summed E-state index contributed by atoms with van der Waals surface area (Å²) in [5.74, 6) is 0.325. The van der Waals surface area contributed by atoms with Crippen molar-refractivity contribution in [2.45, 2.75) is 127 Å². The van der Waals surface area contributed by atoms with Crippen LogP contribution < -0.4 is 19.9 Å². The molecule has 2 unspecified atom stereocenters. The predicted octanol–water partition coefficient (Wildman–Crippen LogP) is 9.07. The van der Waals surface area contributed by atoms with Crippen LogP contribution in [0, 0.1) is 0 Å². The van der Waals surface area contributed by atoms with Gasteiger partial charge in [0.2, 0.25) is 10.0 Å². The fourth-order valence-corrected chi connectivity index (χ4v) is 8.51. The third-order valence-corrected chi connectivity index (χ3v) is 10.7. The standard InChI is InChI=1S/C24H27BrF3NO5S.C17H25NO3/c1-23(2,3)34-22(30)14-33-21-10-6-8-18-19(21)7-4-5-9-20(18)29-35(31,32)17-12-15(24(26,27)28)11-16(25)13-17;1-17(2,3)21-16(19)11-20-15-10-6-8-12-13(15)7-4-5-9-14(12)18/h6,8,10-13,20,29H,4-5,7,9,14H2,1-3H3;6,8,10,14H,4-5,7,9,11,18H2,1-3H3. The van der Waals surface area contributed by atoms with Crippen LogP contribution in [0.2, 0.25) is 0 Å². The van der Waals surface area contributed by atoms with E-state index in [2.05, 4.69) is 26.7 Å². The topological polar surface area (TPSA) is 143 Å². The van der Waals surface area contributed by atoms with Crippen molar-refractivity contribution in [1.82, 2.24) is 4.72 Å². The molecule has 308 valence electrons. The second kappa shape index (κ2) is 18.7. The summed E-state index contributed by atoms with van der Waals surface area (Å²) in [5.41, 5.74) is 7.71. The number of hydrogen-bond donors (Lipinski definition) is 2. The Bertz CT molecular complexity index is 1960. The molecule has 0 aliphatic heterocycles. The normalized spacial score (nSPS) is 17.5. The van der Waals surface area contributed by atoms with E-state index < -0.39 is 49.9 Å². The van der Waals surface area contributed by atoms with Crippen molar-refractivity contribution in [1.29, 1.82) is 0 Å². The molecule has 0 aromatic heterocycles. The predicted molar refractivity (Wildman–Crippen MR) is 210 cm³/mol. The van der Waals surface area contributed by atoms with Gasteiger partial charge in [-0.1, -0.05) is 53.0 Å². The van der Waals surface area contributed by atoms with Gasteiger partial charge in [-0.05, 0) is 133 Å². The summed E-state index contributed by atoms with van der Waals surface area (Å²) in [6, 6.07) is 13.0. The molecule has 0 amide bonds. The molecule has 5 rings (SSSR count). The number of ether oxygens (including phenoxy) is 4. The van der Waals surface area contributed by atoms with E-state index in [1.54, 1.807) is 39.0 Å². The third-order valence-electron chi connectivity index (χ3n) is 8.81. The van der Waals surface area contributed by atoms with Gasteiger partial charge in [0.05, 0.1) is 10.5 Å². The number of carbonyl (C=O) groups excluding carboxylic acids is 2. The van der Waals surface area contributed by atoms with E-state index in [1.165, 1.54) is 0 Å². The van der Waals surface area contributed by atoms with Gasteiger partial charge in [-0.15, -0.1) is 0 Å². The molecular weight excluding hydrogens is 817 g/mol. The number of carbonyl (C=O) groups is 2. The molecule has 2 aliphatic carbocycles. The number of hydrogen-bond acceptors (Lipinski definition) is 9. The highest BCUT2D eigenvalue weighted by Gasteiger charge is 2.34. The first kappa shape index (κ1) is 45.0. The van der Waals surface area contributed by atoms with Crippen LogP contribution in [0.15, 0.2) is 64.0 Å². The summed E-state index contributed by atoms with van der Waals surface area (Å²) in [4.78, 5) is 23.4. The van der Waals surface area contributed by atoms with Crippen LogP contribution in [0.25, 0.3) is 0 Å². The van der Waals surface area contributed by atoms with Crippen molar-refractivity contribution in [2.24, 2.45) is 5.73 Å². The minimum atomic E-state index is -4.69. The van der Waals surface area contributed by atoms with E-state index in [4.69, 9.17) is 24.7 Å². The summed E-state index contributed by atoms with van der Waals surface area (Å²) < 4.78 is 90.4. The summed E-state index contributed by atoms with van der Waals surface area (Å²) in [5, 5.41) is 0. The fraction of sp³-hybridized carbons (Fsp3) is 0.512. The lowest BCUT2D eigenvalue weighted by atomic mass is 9.99. The van der Waals surface area contributed by atoms with Gasteiger partial charge in [-0.25, -0.2) is 22.7 Å². The van der Waals surface area contributed by atoms with Gasteiger partial charge in [-0.3, -0.25) is 0 Å². The second-order valence-corrected chi connectivity index (χ2v) is 18.5. The van der Waals surface area contributed by atoms with Crippen molar-refractivity contribution >= 4 is 37.9 Å². The number of nitrogens with two attached hydrogens (primary N) is 1. The van der Waals surface area contributed by atoms with Gasteiger partial charge in [-0.2, -0.15) is 13.2 Å². The molecule has 3 aromatic rings. The Labute approximate surface area is 336 Å². The number of rotatable bonds is 9. The lowest BCUT2D eigenvalue weighted by Gasteiger charge is -2.22. The second-order valence-electron chi connectivity index (χ2n) is 15.8. The number of esters is 2. The lowest BCUT2D eigenvalue weighted by molar-refractivity contribution is -0.158. The molecule has 0 heterocycles.